The van der Waals surface area contributed by atoms with Crippen molar-refractivity contribution in [3.63, 3.8) is 0 Å². The molecule has 0 fully saturated rings. The lowest BCUT2D eigenvalue weighted by Crippen LogP contribution is -2.14. The van der Waals surface area contributed by atoms with Crippen LogP contribution in [-0.4, -0.2) is 21.8 Å². The first-order valence-corrected chi connectivity index (χ1v) is 8.22. The summed E-state index contributed by atoms with van der Waals surface area (Å²) in [7, 11) is 0. The van der Waals surface area contributed by atoms with E-state index in [-0.39, 0.29) is 0 Å². The smallest absolute Gasteiger partial charge is 0.104 e. The van der Waals surface area contributed by atoms with Crippen LogP contribution in [0.25, 0.3) is 0 Å². The molecule has 0 heterocycles. The third kappa shape index (κ3) is 9.82. The van der Waals surface area contributed by atoms with Gasteiger partial charge in [0, 0.05) is 0 Å². The second-order valence-corrected chi connectivity index (χ2v) is 5.42. The SMILES string of the molecule is CCCCCCCC(=NO)C(CCCCCCC)=NO. The van der Waals surface area contributed by atoms with Crippen molar-refractivity contribution in [2.75, 3.05) is 0 Å². The topological polar surface area (TPSA) is 65.2 Å². The first kappa shape index (κ1) is 18.9. The summed E-state index contributed by atoms with van der Waals surface area (Å²) in [5.74, 6) is 0. The summed E-state index contributed by atoms with van der Waals surface area (Å²) in [6, 6.07) is 0. The van der Waals surface area contributed by atoms with Crippen LogP contribution in [0.3, 0.4) is 0 Å². The zero-order valence-electron chi connectivity index (χ0n) is 13.3. The Morgan fingerprint density at radius 1 is 0.600 bits per heavy atom. The molecule has 0 aromatic carbocycles. The Morgan fingerprint density at radius 3 is 1.25 bits per heavy atom. The van der Waals surface area contributed by atoms with Gasteiger partial charge in [-0.2, -0.15) is 0 Å². The normalized spacial score (nSPS) is 12.9. The zero-order valence-corrected chi connectivity index (χ0v) is 13.3. The molecule has 0 aliphatic heterocycles. The lowest BCUT2D eigenvalue weighted by atomic mass is 10.0. The van der Waals surface area contributed by atoms with Crippen molar-refractivity contribution in [2.45, 2.75) is 90.9 Å². The van der Waals surface area contributed by atoms with Gasteiger partial charge in [-0.05, 0) is 25.7 Å². The van der Waals surface area contributed by atoms with Gasteiger partial charge >= 0.3 is 0 Å². The molecule has 0 aromatic heterocycles. The van der Waals surface area contributed by atoms with E-state index in [0.717, 1.165) is 25.7 Å². The number of hydrogen-bond acceptors (Lipinski definition) is 4. The highest BCUT2D eigenvalue weighted by atomic mass is 16.4. The number of rotatable bonds is 13. The van der Waals surface area contributed by atoms with Crippen molar-refractivity contribution in [2.24, 2.45) is 10.3 Å². The molecule has 0 aromatic rings. The van der Waals surface area contributed by atoms with E-state index < -0.39 is 0 Å². The average Bonchev–Trinajstić information content (AvgIpc) is 2.48. The van der Waals surface area contributed by atoms with E-state index in [9.17, 15) is 0 Å². The minimum atomic E-state index is 0.555. The number of oxime groups is 2. The van der Waals surface area contributed by atoms with Gasteiger partial charge in [0.25, 0.3) is 0 Å². The summed E-state index contributed by atoms with van der Waals surface area (Å²) < 4.78 is 0. The zero-order chi connectivity index (χ0) is 15.1. The molecule has 0 bridgehead atoms. The quantitative estimate of drug-likeness (QED) is 0.207. The van der Waals surface area contributed by atoms with Gasteiger partial charge in [0.1, 0.15) is 11.4 Å². The van der Waals surface area contributed by atoms with E-state index >= 15 is 0 Å². The van der Waals surface area contributed by atoms with Crippen molar-refractivity contribution in [3.8, 4) is 0 Å². The van der Waals surface area contributed by atoms with Crippen molar-refractivity contribution in [3.05, 3.63) is 0 Å². The fourth-order valence-electron chi connectivity index (χ4n) is 2.30. The summed E-state index contributed by atoms with van der Waals surface area (Å²) in [6.45, 7) is 4.38. The Balaban J connectivity index is 3.93. The number of hydrogen-bond donors (Lipinski definition) is 2. The molecule has 4 heteroatoms. The summed E-state index contributed by atoms with van der Waals surface area (Å²) >= 11 is 0. The van der Waals surface area contributed by atoms with Gasteiger partial charge in [-0.3, -0.25) is 0 Å². The molecular formula is C16H32N2O2. The second-order valence-electron chi connectivity index (χ2n) is 5.42. The highest BCUT2D eigenvalue weighted by Gasteiger charge is 2.10. The molecule has 0 saturated heterocycles. The van der Waals surface area contributed by atoms with Crippen LogP contribution in [0.5, 0.6) is 0 Å². The van der Waals surface area contributed by atoms with Gasteiger partial charge in [-0.15, -0.1) is 0 Å². The molecule has 0 saturated carbocycles. The Kier molecular flexibility index (Phi) is 13.6. The summed E-state index contributed by atoms with van der Waals surface area (Å²) in [6.07, 6.45) is 13.1. The van der Waals surface area contributed by atoms with Crippen molar-refractivity contribution in [1.29, 1.82) is 0 Å². The standard InChI is InChI=1S/C16H32N2O2/c1-3-5-7-9-11-13-15(17-19)16(18-20)14-12-10-8-6-4-2/h19-20H,3-14H2,1-2H3. The molecule has 0 unspecified atom stereocenters. The highest BCUT2D eigenvalue weighted by molar-refractivity contribution is 6.42. The monoisotopic (exact) mass is 284 g/mol. The molecule has 0 atom stereocenters. The van der Waals surface area contributed by atoms with E-state index in [4.69, 9.17) is 10.4 Å². The summed E-state index contributed by atoms with van der Waals surface area (Å²) in [5, 5.41) is 24.8. The highest BCUT2D eigenvalue weighted by Crippen LogP contribution is 2.11. The van der Waals surface area contributed by atoms with Gasteiger partial charge in [0.2, 0.25) is 0 Å². The molecule has 0 aliphatic carbocycles. The van der Waals surface area contributed by atoms with Crippen LogP contribution < -0.4 is 0 Å². The molecule has 118 valence electrons. The lowest BCUT2D eigenvalue weighted by molar-refractivity contribution is 0.312. The maximum atomic E-state index is 9.07. The Bertz CT molecular complexity index is 248. The van der Waals surface area contributed by atoms with E-state index in [2.05, 4.69) is 24.2 Å². The first-order chi connectivity index (χ1) is 9.79. The Hall–Kier alpha value is -1.06. The van der Waals surface area contributed by atoms with Crippen LogP contribution in [0.2, 0.25) is 0 Å². The maximum Gasteiger partial charge on any atom is 0.104 e. The molecule has 4 nitrogen and oxygen atoms in total. The lowest BCUT2D eigenvalue weighted by Gasteiger charge is -2.07. The van der Waals surface area contributed by atoms with Crippen LogP contribution in [0.1, 0.15) is 90.9 Å². The molecular weight excluding hydrogens is 252 g/mol. The van der Waals surface area contributed by atoms with Gasteiger partial charge in [-0.25, -0.2) is 0 Å². The minimum absolute atomic E-state index is 0.555. The molecule has 2 N–H and O–H groups in total. The molecule has 0 rings (SSSR count). The summed E-state index contributed by atoms with van der Waals surface area (Å²) in [5.41, 5.74) is 1.11. The van der Waals surface area contributed by atoms with Crippen LogP contribution >= 0.6 is 0 Å². The average molecular weight is 284 g/mol. The number of nitrogens with zero attached hydrogens (tertiary/aromatic N) is 2. The van der Waals surface area contributed by atoms with Gasteiger partial charge < -0.3 is 10.4 Å². The third-order valence-corrected chi connectivity index (χ3v) is 3.61. The van der Waals surface area contributed by atoms with Crippen molar-refractivity contribution < 1.29 is 10.4 Å². The predicted octanol–water partition coefficient (Wildman–Crippen LogP) is 5.37. The Labute approximate surface area is 124 Å². The molecule has 0 aliphatic rings. The molecule has 20 heavy (non-hydrogen) atoms. The van der Waals surface area contributed by atoms with E-state index in [1.807, 2.05) is 0 Å². The summed E-state index contributed by atoms with van der Waals surface area (Å²) in [4.78, 5) is 0. The van der Waals surface area contributed by atoms with Crippen LogP contribution in [0.15, 0.2) is 10.3 Å². The number of unbranched alkanes of at least 4 members (excludes halogenated alkanes) is 8. The van der Waals surface area contributed by atoms with Gasteiger partial charge in [0.05, 0.1) is 0 Å². The fraction of sp³-hybridized carbons (Fsp3) is 0.875. The van der Waals surface area contributed by atoms with Crippen LogP contribution in [0.4, 0.5) is 0 Å². The second kappa shape index (κ2) is 14.4. The van der Waals surface area contributed by atoms with Crippen LogP contribution in [0, 0.1) is 0 Å². The molecule has 0 amide bonds. The van der Waals surface area contributed by atoms with Gasteiger partial charge in [-0.1, -0.05) is 75.5 Å². The fourth-order valence-corrected chi connectivity index (χ4v) is 2.30. The third-order valence-electron chi connectivity index (χ3n) is 3.61. The molecule has 0 radical (unpaired) electrons. The van der Waals surface area contributed by atoms with Gasteiger partial charge in [0.15, 0.2) is 0 Å². The van der Waals surface area contributed by atoms with E-state index in [0.29, 0.717) is 24.3 Å². The van der Waals surface area contributed by atoms with Crippen molar-refractivity contribution in [1.82, 2.24) is 0 Å². The first-order valence-electron chi connectivity index (χ1n) is 8.22. The van der Waals surface area contributed by atoms with E-state index in [1.165, 1.54) is 38.5 Å². The maximum absolute atomic E-state index is 9.07. The van der Waals surface area contributed by atoms with Crippen molar-refractivity contribution >= 4 is 11.4 Å². The Morgan fingerprint density at radius 2 is 0.950 bits per heavy atom. The van der Waals surface area contributed by atoms with Crippen LogP contribution in [-0.2, 0) is 0 Å². The largest absolute Gasteiger partial charge is 0.411 e. The predicted molar refractivity (Wildman–Crippen MR) is 85.2 cm³/mol. The molecule has 0 spiro atoms. The van der Waals surface area contributed by atoms with E-state index in [1.54, 1.807) is 0 Å². The minimum Gasteiger partial charge on any atom is -0.411 e.